The predicted molar refractivity (Wildman–Crippen MR) is 71.5 cm³/mol. The van der Waals surface area contributed by atoms with Gasteiger partial charge in [-0.05, 0) is 0 Å². The van der Waals surface area contributed by atoms with Gasteiger partial charge in [-0.25, -0.2) is 9.97 Å². The molecule has 6 heteroatoms. The Labute approximate surface area is 111 Å². The summed E-state index contributed by atoms with van der Waals surface area (Å²) in [5, 5.41) is 0. The number of nitrogen functional groups attached to an aromatic ring is 1. The Morgan fingerprint density at radius 3 is 1.84 bits per heavy atom. The van der Waals surface area contributed by atoms with E-state index >= 15 is 0 Å². The van der Waals surface area contributed by atoms with Crippen molar-refractivity contribution in [1.82, 2.24) is 9.97 Å². The molecule has 2 N–H and O–H groups in total. The van der Waals surface area contributed by atoms with Crippen molar-refractivity contribution < 1.29 is 14.2 Å². The van der Waals surface area contributed by atoms with Gasteiger partial charge in [-0.2, -0.15) is 0 Å². The first kappa shape index (κ1) is 12.9. The lowest BCUT2D eigenvalue weighted by atomic mass is 10.1. The second-order valence-corrected chi connectivity index (χ2v) is 3.75. The van der Waals surface area contributed by atoms with Crippen molar-refractivity contribution >= 4 is 5.69 Å². The quantitative estimate of drug-likeness (QED) is 0.903. The third-order valence-corrected chi connectivity index (χ3v) is 2.61. The number of nitrogens with two attached hydrogens (primary N) is 1. The molecule has 0 aliphatic rings. The standard InChI is InChI=1S/C13H15N3O3/c1-17-9-4-10(18-2)12(11(5-9)19-3)13-15-6-8(14)7-16-13/h4-7H,14H2,1-3H3. The molecule has 0 spiro atoms. The Hall–Kier alpha value is -2.50. The van der Waals surface area contributed by atoms with Crippen molar-refractivity contribution in [3.8, 4) is 28.6 Å². The Kier molecular flexibility index (Phi) is 3.70. The van der Waals surface area contributed by atoms with Crippen LogP contribution in [0, 0.1) is 0 Å². The average molecular weight is 261 g/mol. The zero-order chi connectivity index (χ0) is 13.8. The van der Waals surface area contributed by atoms with Crippen molar-refractivity contribution in [2.24, 2.45) is 0 Å². The molecule has 2 rings (SSSR count). The van der Waals surface area contributed by atoms with E-state index in [1.807, 2.05) is 0 Å². The second kappa shape index (κ2) is 5.43. The van der Waals surface area contributed by atoms with Crippen LogP contribution in [0.2, 0.25) is 0 Å². The Morgan fingerprint density at radius 1 is 0.895 bits per heavy atom. The molecule has 19 heavy (non-hydrogen) atoms. The summed E-state index contributed by atoms with van der Waals surface area (Å²) >= 11 is 0. The van der Waals surface area contributed by atoms with Gasteiger partial charge in [0.1, 0.15) is 22.8 Å². The average Bonchev–Trinajstić information content (AvgIpc) is 2.46. The maximum absolute atomic E-state index is 5.58. The van der Waals surface area contributed by atoms with Gasteiger partial charge in [0.05, 0.1) is 39.4 Å². The molecule has 0 atom stereocenters. The number of ether oxygens (including phenoxy) is 3. The zero-order valence-electron chi connectivity index (χ0n) is 11.0. The highest BCUT2D eigenvalue weighted by Crippen LogP contribution is 2.40. The maximum atomic E-state index is 5.58. The smallest absolute Gasteiger partial charge is 0.166 e. The number of benzene rings is 1. The van der Waals surface area contributed by atoms with Crippen LogP contribution in [0.15, 0.2) is 24.5 Å². The fourth-order valence-corrected chi connectivity index (χ4v) is 1.69. The van der Waals surface area contributed by atoms with Crippen LogP contribution >= 0.6 is 0 Å². The topological polar surface area (TPSA) is 79.5 Å². The summed E-state index contributed by atoms with van der Waals surface area (Å²) in [6.07, 6.45) is 3.07. The first-order valence-electron chi connectivity index (χ1n) is 5.57. The highest BCUT2D eigenvalue weighted by Gasteiger charge is 2.17. The number of rotatable bonds is 4. The number of hydrogen-bond acceptors (Lipinski definition) is 6. The van der Waals surface area contributed by atoms with Gasteiger partial charge in [-0.15, -0.1) is 0 Å². The number of nitrogens with zero attached hydrogens (tertiary/aromatic N) is 2. The van der Waals surface area contributed by atoms with Crippen LogP contribution in [0.5, 0.6) is 17.2 Å². The molecule has 0 amide bonds. The SMILES string of the molecule is COc1cc(OC)c(-c2ncc(N)cn2)c(OC)c1. The fourth-order valence-electron chi connectivity index (χ4n) is 1.69. The molecule has 0 aliphatic heterocycles. The summed E-state index contributed by atoms with van der Waals surface area (Å²) in [6, 6.07) is 3.50. The molecule has 1 aromatic heterocycles. The van der Waals surface area contributed by atoms with Crippen LogP contribution in [0.4, 0.5) is 5.69 Å². The van der Waals surface area contributed by atoms with Gasteiger partial charge < -0.3 is 19.9 Å². The maximum Gasteiger partial charge on any atom is 0.166 e. The summed E-state index contributed by atoms with van der Waals surface area (Å²) < 4.78 is 15.9. The Balaban J connectivity index is 2.63. The minimum atomic E-state index is 0.477. The van der Waals surface area contributed by atoms with Crippen molar-refractivity contribution in [2.45, 2.75) is 0 Å². The van der Waals surface area contributed by atoms with Crippen molar-refractivity contribution in [1.29, 1.82) is 0 Å². The summed E-state index contributed by atoms with van der Waals surface area (Å²) in [5.41, 5.74) is 6.74. The molecule has 0 aliphatic carbocycles. The number of anilines is 1. The molecule has 0 unspecified atom stereocenters. The highest BCUT2D eigenvalue weighted by atomic mass is 16.5. The van der Waals surface area contributed by atoms with E-state index in [0.29, 0.717) is 34.3 Å². The van der Waals surface area contributed by atoms with E-state index in [1.54, 1.807) is 33.5 Å². The second-order valence-electron chi connectivity index (χ2n) is 3.75. The van der Waals surface area contributed by atoms with Crippen molar-refractivity contribution in [2.75, 3.05) is 27.1 Å². The largest absolute Gasteiger partial charge is 0.496 e. The van der Waals surface area contributed by atoms with E-state index in [4.69, 9.17) is 19.9 Å². The highest BCUT2D eigenvalue weighted by molar-refractivity contribution is 5.73. The van der Waals surface area contributed by atoms with Gasteiger partial charge in [-0.3, -0.25) is 0 Å². The molecule has 100 valence electrons. The van der Waals surface area contributed by atoms with E-state index in [2.05, 4.69) is 9.97 Å². The summed E-state index contributed by atoms with van der Waals surface area (Å²) in [7, 11) is 4.71. The van der Waals surface area contributed by atoms with Crippen LogP contribution in [0.25, 0.3) is 11.4 Å². The number of methoxy groups -OCH3 is 3. The van der Waals surface area contributed by atoms with Crippen molar-refractivity contribution in [3.63, 3.8) is 0 Å². The summed E-state index contributed by atoms with van der Waals surface area (Å²) in [5.74, 6) is 2.25. The first-order valence-corrected chi connectivity index (χ1v) is 5.57. The van der Waals surface area contributed by atoms with Gasteiger partial charge in [-0.1, -0.05) is 0 Å². The van der Waals surface area contributed by atoms with Crippen LogP contribution in [0.1, 0.15) is 0 Å². The normalized spacial score (nSPS) is 10.1. The first-order chi connectivity index (χ1) is 9.19. The summed E-state index contributed by atoms with van der Waals surface area (Å²) in [4.78, 5) is 8.37. The molecule has 0 saturated heterocycles. The van der Waals surface area contributed by atoms with Crippen LogP contribution in [0.3, 0.4) is 0 Å². The summed E-state index contributed by atoms with van der Waals surface area (Å²) in [6.45, 7) is 0. The lowest BCUT2D eigenvalue weighted by Gasteiger charge is -2.13. The molecule has 0 bridgehead atoms. The Bertz CT molecular complexity index is 545. The van der Waals surface area contributed by atoms with E-state index in [1.165, 1.54) is 12.4 Å². The Morgan fingerprint density at radius 2 is 1.42 bits per heavy atom. The van der Waals surface area contributed by atoms with Gasteiger partial charge >= 0.3 is 0 Å². The lowest BCUT2D eigenvalue weighted by molar-refractivity contribution is 0.377. The van der Waals surface area contributed by atoms with E-state index < -0.39 is 0 Å². The van der Waals surface area contributed by atoms with E-state index in [0.717, 1.165) is 0 Å². The fraction of sp³-hybridized carbons (Fsp3) is 0.231. The molecule has 6 nitrogen and oxygen atoms in total. The third-order valence-electron chi connectivity index (χ3n) is 2.61. The van der Waals surface area contributed by atoms with Crippen LogP contribution in [-0.4, -0.2) is 31.3 Å². The zero-order valence-corrected chi connectivity index (χ0v) is 11.0. The molecule has 2 aromatic rings. The predicted octanol–water partition coefficient (Wildman–Crippen LogP) is 1.75. The number of aromatic nitrogens is 2. The monoisotopic (exact) mass is 261 g/mol. The number of hydrogen-bond donors (Lipinski definition) is 1. The molecular weight excluding hydrogens is 246 g/mol. The van der Waals surface area contributed by atoms with Gasteiger partial charge in [0.25, 0.3) is 0 Å². The van der Waals surface area contributed by atoms with Gasteiger partial charge in [0, 0.05) is 12.1 Å². The van der Waals surface area contributed by atoms with E-state index in [9.17, 15) is 0 Å². The van der Waals surface area contributed by atoms with Crippen molar-refractivity contribution in [3.05, 3.63) is 24.5 Å². The molecule has 0 fully saturated rings. The third kappa shape index (κ3) is 2.52. The minimum Gasteiger partial charge on any atom is -0.496 e. The van der Waals surface area contributed by atoms with Gasteiger partial charge in [0.2, 0.25) is 0 Å². The molecule has 1 heterocycles. The van der Waals surface area contributed by atoms with Crippen LogP contribution in [-0.2, 0) is 0 Å². The molecule has 1 aromatic carbocycles. The lowest BCUT2D eigenvalue weighted by Crippen LogP contribution is -1.99. The van der Waals surface area contributed by atoms with Crippen LogP contribution < -0.4 is 19.9 Å². The van der Waals surface area contributed by atoms with Gasteiger partial charge in [0.15, 0.2) is 5.82 Å². The minimum absolute atomic E-state index is 0.477. The molecule has 0 saturated carbocycles. The van der Waals surface area contributed by atoms with E-state index in [-0.39, 0.29) is 0 Å². The molecule has 0 radical (unpaired) electrons. The molecular formula is C13H15N3O3.